The highest BCUT2D eigenvalue weighted by atomic mass is 32.2. The van der Waals surface area contributed by atoms with Gasteiger partial charge in [0.25, 0.3) is 0 Å². The summed E-state index contributed by atoms with van der Waals surface area (Å²) in [5, 5.41) is 6.76. The van der Waals surface area contributed by atoms with Gasteiger partial charge in [0, 0.05) is 12.6 Å². The quantitative estimate of drug-likeness (QED) is 0.914. The van der Waals surface area contributed by atoms with Crippen LogP contribution in [0.2, 0.25) is 0 Å². The molecule has 5 nitrogen and oxygen atoms in total. The number of nitrogens with one attached hydrogen (secondary N) is 1. The minimum absolute atomic E-state index is 0.137. The van der Waals surface area contributed by atoms with Gasteiger partial charge in [0.05, 0.1) is 11.4 Å². The molecular weight excluding hydrogens is 250 g/mol. The number of rotatable bonds is 3. The molecule has 0 saturated carbocycles. The summed E-state index contributed by atoms with van der Waals surface area (Å²) in [7, 11) is -3.40. The maximum Gasteiger partial charge on any atom is 0.246 e. The Labute approximate surface area is 109 Å². The maximum atomic E-state index is 12.7. The standard InChI is InChI=1S/C12H21N3O2S/c1-4-11-7-5-6-8-15(11)18(16,17)12-9(2)13-14-10(12)3/h11H,4-8H2,1-3H3,(H,13,14). The van der Waals surface area contributed by atoms with Crippen molar-refractivity contribution in [2.75, 3.05) is 6.54 Å². The normalized spacial score (nSPS) is 22.3. The number of hydrogen-bond donors (Lipinski definition) is 1. The molecule has 0 aromatic carbocycles. The van der Waals surface area contributed by atoms with Crippen molar-refractivity contribution in [3.05, 3.63) is 11.4 Å². The van der Waals surface area contributed by atoms with Crippen molar-refractivity contribution in [2.45, 2.75) is 57.4 Å². The smallest absolute Gasteiger partial charge is 0.246 e. The van der Waals surface area contributed by atoms with Gasteiger partial charge in [-0.2, -0.15) is 9.40 Å². The summed E-state index contributed by atoms with van der Waals surface area (Å²) in [6, 6.07) is 0.137. The molecule has 0 aliphatic carbocycles. The van der Waals surface area contributed by atoms with Crippen molar-refractivity contribution in [2.24, 2.45) is 0 Å². The Kier molecular flexibility index (Phi) is 3.77. The highest BCUT2D eigenvalue weighted by Gasteiger charge is 2.35. The van der Waals surface area contributed by atoms with E-state index in [1.165, 1.54) is 0 Å². The highest BCUT2D eigenvalue weighted by Crippen LogP contribution is 2.29. The monoisotopic (exact) mass is 271 g/mol. The van der Waals surface area contributed by atoms with E-state index >= 15 is 0 Å². The topological polar surface area (TPSA) is 66.1 Å². The summed E-state index contributed by atoms with van der Waals surface area (Å²) in [6.45, 7) is 6.18. The van der Waals surface area contributed by atoms with Gasteiger partial charge in [-0.15, -0.1) is 0 Å². The molecule has 1 aromatic rings. The van der Waals surface area contributed by atoms with Gasteiger partial charge in [0.2, 0.25) is 10.0 Å². The number of nitrogens with zero attached hydrogens (tertiary/aromatic N) is 2. The zero-order valence-corrected chi connectivity index (χ0v) is 12.0. The number of H-pyrrole nitrogens is 1. The number of sulfonamides is 1. The number of piperidine rings is 1. The number of aromatic nitrogens is 2. The van der Waals surface area contributed by atoms with E-state index in [0.29, 0.717) is 22.8 Å². The predicted octanol–water partition coefficient (Wildman–Crippen LogP) is 1.98. The Balaban J connectivity index is 2.41. The Morgan fingerprint density at radius 1 is 1.39 bits per heavy atom. The first-order valence-electron chi connectivity index (χ1n) is 6.52. The van der Waals surface area contributed by atoms with E-state index in [4.69, 9.17) is 0 Å². The van der Waals surface area contributed by atoms with Crippen molar-refractivity contribution in [3.63, 3.8) is 0 Å². The largest absolute Gasteiger partial charge is 0.281 e. The molecule has 0 radical (unpaired) electrons. The average molecular weight is 271 g/mol. The van der Waals surface area contributed by atoms with Crippen LogP contribution in [0.3, 0.4) is 0 Å². The molecule has 1 fully saturated rings. The van der Waals surface area contributed by atoms with Gasteiger partial charge in [-0.05, 0) is 33.1 Å². The van der Waals surface area contributed by atoms with Gasteiger partial charge in [0.1, 0.15) is 4.90 Å². The van der Waals surface area contributed by atoms with Crippen LogP contribution in [0.25, 0.3) is 0 Å². The summed E-state index contributed by atoms with van der Waals surface area (Å²) >= 11 is 0. The van der Waals surface area contributed by atoms with Crippen LogP contribution < -0.4 is 0 Å². The molecule has 6 heteroatoms. The molecule has 1 atom stereocenters. The molecule has 0 bridgehead atoms. The summed E-state index contributed by atoms with van der Waals surface area (Å²) in [5.74, 6) is 0. The van der Waals surface area contributed by atoms with E-state index in [1.54, 1.807) is 18.2 Å². The summed E-state index contributed by atoms with van der Waals surface area (Å²) in [5.41, 5.74) is 1.20. The summed E-state index contributed by atoms with van der Waals surface area (Å²) < 4.78 is 27.1. The molecule has 1 N–H and O–H groups in total. The van der Waals surface area contributed by atoms with Crippen molar-refractivity contribution in [1.29, 1.82) is 0 Å². The lowest BCUT2D eigenvalue weighted by molar-refractivity contribution is 0.246. The second kappa shape index (κ2) is 5.01. The first-order chi connectivity index (χ1) is 8.48. The van der Waals surface area contributed by atoms with Crippen LogP contribution in [0.15, 0.2) is 4.90 Å². The van der Waals surface area contributed by atoms with Crippen molar-refractivity contribution >= 4 is 10.0 Å². The fourth-order valence-corrected chi connectivity index (χ4v) is 4.84. The molecule has 0 amide bonds. The van der Waals surface area contributed by atoms with Crippen LogP contribution in [0, 0.1) is 13.8 Å². The fraction of sp³-hybridized carbons (Fsp3) is 0.750. The third-order valence-electron chi connectivity index (χ3n) is 3.67. The summed E-state index contributed by atoms with van der Waals surface area (Å²) in [6.07, 6.45) is 3.90. The highest BCUT2D eigenvalue weighted by molar-refractivity contribution is 7.89. The van der Waals surface area contributed by atoms with E-state index in [-0.39, 0.29) is 6.04 Å². The van der Waals surface area contributed by atoms with E-state index < -0.39 is 10.0 Å². The van der Waals surface area contributed by atoms with Crippen LogP contribution in [0.4, 0.5) is 0 Å². The zero-order chi connectivity index (χ0) is 13.3. The molecule has 1 saturated heterocycles. The first kappa shape index (κ1) is 13.5. The van der Waals surface area contributed by atoms with Crippen LogP contribution in [0.5, 0.6) is 0 Å². The van der Waals surface area contributed by atoms with E-state index in [0.717, 1.165) is 25.7 Å². The third kappa shape index (κ3) is 2.19. The van der Waals surface area contributed by atoms with Crippen LogP contribution in [-0.2, 0) is 10.0 Å². The van der Waals surface area contributed by atoms with Crippen molar-refractivity contribution < 1.29 is 8.42 Å². The van der Waals surface area contributed by atoms with Crippen molar-refractivity contribution in [1.82, 2.24) is 14.5 Å². The second-order valence-corrected chi connectivity index (χ2v) is 6.76. The molecule has 18 heavy (non-hydrogen) atoms. The lowest BCUT2D eigenvalue weighted by Crippen LogP contribution is -2.43. The number of aryl methyl sites for hydroxylation is 2. The number of aromatic amines is 1. The molecule has 1 aliphatic heterocycles. The van der Waals surface area contributed by atoms with Crippen LogP contribution >= 0.6 is 0 Å². The number of hydrogen-bond acceptors (Lipinski definition) is 3. The van der Waals surface area contributed by atoms with Gasteiger partial charge in [0.15, 0.2) is 0 Å². The van der Waals surface area contributed by atoms with Gasteiger partial charge >= 0.3 is 0 Å². The lowest BCUT2D eigenvalue weighted by Gasteiger charge is -2.34. The summed E-state index contributed by atoms with van der Waals surface area (Å²) in [4.78, 5) is 0.364. The van der Waals surface area contributed by atoms with Crippen LogP contribution in [-0.4, -0.2) is 35.5 Å². The van der Waals surface area contributed by atoms with Gasteiger partial charge in [-0.1, -0.05) is 13.3 Å². The Morgan fingerprint density at radius 2 is 2.11 bits per heavy atom. The fourth-order valence-electron chi connectivity index (χ4n) is 2.74. The molecule has 102 valence electrons. The van der Waals surface area contributed by atoms with E-state index in [2.05, 4.69) is 10.2 Å². The second-order valence-electron chi connectivity index (χ2n) is 4.94. The maximum absolute atomic E-state index is 12.7. The Bertz CT molecular complexity index is 502. The first-order valence-corrected chi connectivity index (χ1v) is 7.96. The van der Waals surface area contributed by atoms with Gasteiger partial charge in [-0.3, -0.25) is 5.10 Å². The molecule has 2 rings (SSSR count). The third-order valence-corrected chi connectivity index (χ3v) is 5.89. The predicted molar refractivity (Wildman–Crippen MR) is 69.9 cm³/mol. The molecule has 1 unspecified atom stereocenters. The Morgan fingerprint density at radius 3 is 2.67 bits per heavy atom. The zero-order valence-electron chi connectivity index (χ0n) is 11.2. The lowest BCUT2D eigenvalue weighted by atomic mass is 10.0. The van der Waals surface area contributed by atoms with E-state index in [1.807, 2.05) is 6.92 Å². The molecular formula is C12H21N3O2S. The SMILES string of the molecule is CCC1CCCCN1S(=O)(=O)c1c(C)n[nH]c1C. The van der Waals surface area contributed by atoms with Gasteiger partial charge in [-0.25, -0.2) is 8.42 Å². The molecule has 1 aromatic heterocycles. The molecule has 2 heterocycles. The van der Waals surface area contributed by atoms with Crippen molar-refractivity contribution in [3.8, 4) is 0 Å². The van der Waals surface area contributed by atoms with E-state index in [9.17, 15) is 8.42 Å². The molecule has 0 spiro atoms. The minimum Gasteiger partial charge on any atom is -0.281 e. The average Bonchev–Trinajstić information content (AvgIpc) is 2.69. The van der Waals surface area contributed by atoms with Gasteiger partial charge < -0.3 is 0 Å². The minimum atomic E-state index is -3.40. The Hall–Kier alpha value is -0.880. The van der Waals surface area contributed by atoms with Crippen LogP contribution in [0.1, 0.15) is 44.0 Å². The molecule has 1 aliphatic rings.